The zero-order valence-corrected chi connectivity index (χ0v) is 15.6. The van der Waals surface area contributed by atoms with Crippen molar-refractivity contribution in [1.82, 2.24) is 15.6 Å². The van der Waals surface area contributed by atoms with Gasteiger partial charge in [-0.1, -0.05) is 5.57 Å². The summed E-state index contributed by atoms with van der Waals surface area (Å²) in [6.07, 6.45) is 6.83. The molecule has 0 spiro atoms. The molecule has 5 nitrogen and oxygen atoms in total. The number of anilines is 2. The lowest BCUT2D eigenvalue weighted by Crippen LogP contribution is -2.23. The van der Waals surface area contributed by atoms with E-state index >= 15 is 0 Å². The minimum absolute atomic E-state index is 0.229. The van der Waals surface area contributed by atoms with E-state index in [9.17, 15) is 0 Å². The average Bonchev–Trinajstić information content (AvgIpc) is 3.26. The highest BCUT2D eigenvalue weighted by Crippen LogP contribution is 2.51. The highest BCUT2D eigenvalue weighted by atomic mass is 15.4. The molecule has 5 heteroatoms. The Morgan fingerprint density at radius 3 is 2.62 bits per heavy atom. The molecule has 2 aromatic rings. The zero-order chi connectivity index (χ0) is 17.8. The van der Waals surface area contributed by atoms with Gasteiger partial charge in [0.15, 0.2) is 0 Å². The number of fused-ring (bicyclic) bond motifs is 4. The summed E-state index contributed by atoms with van der Waals surface area (Å²) in [5.74, 6) is 0. The van der Waals surface area contributed by atoms with Gasteiger partial charge in [-0.05, 0) is 69.7 Å². The number of aromatic nitrogens is 2. The number of hydrogen-bond acceptors (Lipinski definition) is 4. The first-order chi connectivity index (χ1) is 12.6. The molecule has 3 heterocycles. The standard InChI is InChI=1S/C21H25N5/c1-11(2)20-19-17(25-26-20)9-8-16-18(19)13-6-4-5-7-14(13)21(23-16)15-10-22-24-12(15)3/h8-10,21,23,25-26H,4-7H2,1-3H3,(H,22,24). The van der Waals surface area contributed by atoms with Gasteiger partial charge in [0.2, 0.25) is 0 Å². The van der Waals surface area contributed by atoms with Crippen LogP contribution in [0.4, 0.5) is 11.4 Å². The van der Waals surface area contributed by atoms with Crippen LogP contribution in [0.15, 0.2) is 29.5 Å². The third-order valence-corrected chi connectivity index (χ3v) is 5.92. The van der Waals surface area contributed by atoms with Gasteiger partial charge in [0, 0.05) is 28.1 Å². The highest BCUT2D eigenvalue weighted by Gasteiger charge is 2.34. The van der Waals surface area contributed by atoms with Crippen molar-refractivity contribution in [2.24, 2.45) is 0 Å². The van der Waals surface area contributed by atoms with Gasteiger partial charge in [-0.25, -0.2) is 0 Å². The van der Waals surface area contributed by atoms with E-state index in [1.165, 1.54) is 57.8 Å². The highest BCUT2D eigenvalue weighted by molar-refractivity contribution is 5.97. The summed E-state index contributed by atoms with van der Waals surface area (Å²) >= 11 is 0. The topological polar surface area (TPSA) is 64.8 Å². The Morgan fingerprint density at radius 2 is 1.85 bits per heavy atom. The fourth-order valence-electron chi connectivity index (χ4n) is 4.66. The first-order valence-electron chi connectivity index (χ1n) is 9.50. The molecule has 0 radical (unpaired) electrons. The van der Waals surface area contributed by atoms with Crippen LogP contribution in [-0.2, 0) is 0 Å². The van der Waals surface area contributed by atoms with Crippen molar-refractivity contribution < 1.29 is 0 Å². The molecule has 0 amide bonds. The Morgan fingerprint density at radius 1 is 1.04 bits per heavy atom. The summed E-state index contributed by atoms with van der Waals surface area (Å²) in [5.41, 5.74) is 19.9. The smallest absolute Gasteiger partial charge is 0.0766 e. The Kier molecular flexibility index (Phi) is 3.39. The summed E-state index contributed by atoms with van der Waals surface area (Å²) in [4.78, 5) is 0. The number of rotatable bonds is 1. The maximum atomic E-state index is 4.27. The van der Waals surface area contributed by atoms with Crippen LogP contribution in [0.5, 0.6) is 0 Å². The molecule has 0 fully saturated rings. The van der Waals surface area contributed by atoms with Crippen molar-refractivity contribution in [2.45, 2.75) is 52.5 Å². The number of aryl methyl sites for hydroxylation is 1. The third kappa shape index (κ3) is 2.13. The van der Waals surface area contributed by atoms with Gasteiger partial charge in [-0.15, -0.1) is 0 Å². The van der Waals surface area contributed by atoms with Gasteiger partial charge >= 0.3 is 0 Å². The minimum atomic E-state index is 0.229. The number of nitrogens with zero attached hydrogens (tertiary/aromatic N) is 1. The predicted molar refractivity (Wildman–Crippen MR) is 107 cm³/mol. The van der Waals surface area contributed by atoms with Crippen molar-refractivity contribution in [3.8, 4) is 0 Å². The van der Waals surface area contributed by atoms with Gasteiger partial charge in [-0.2, -0.15) is 5.10 Å². The first kappa shape index (κ1) is 15.6. The van der Waals surface area contributed by atoms with E-state index in [0.717, 1.165) is 18.5 Å². The summed E-state index contributed by atoms with van der Waals surface area (Å²) in [6, 6.07) is 4.63. The van der Waals surface area contributed by atoms with Crippen LogP contribution < -0.4 is 16.2 Å². The fraction of sp³-hybridized carbons (Fsp3) is 0.381. The minimum Gasteiger partial charge on any atom is -0.374 e. The number of hydrogen-bond donors (Lipinski definition) is 4. The van der Waals surface area contributed by atoms with Crippen LogP contribution in [0, 0.1) is 6.92 Å². The molecular formula is C21H25N5. The van der Waals surface area contributed by atoms with E-state index in [1.807, 2.05) is 6.20 Å². The molecule has 134 valence electrons. The molecule has 1 unspecified atom stereocenters. The molecule has 2 aliphatic heterocycles. The van der Waals surface area contributed by atoms with E-state index in [-0.39, 0.29) is 6.04 Å². The lowest BCUT2D eigenvalue weighted by atomic mass is 9.77. The summed E-state index contributed by atoms with van der Waals surface area (Å²) in [6.45, 7) is 6.45. The molecule has 4 N–H and O–H groups in total. The average molecular weight is 347 g/mol. The maximum Gasteiger partial charge on any atom is 0.0766 e. The molecule has 1 aliphatic carbocycles. The second kappa shape index (κ2) is 5.66. The Bertz CT molecular complexity index is 959. The van der Waals surface area contributed by atoms with E-state index in [2.05, 4.69) is 59.3 Å². The van der Waals surface area contributed by atoms with Gasteiger partial charge in [0.1, 0.15) is 0 Å². The Balaban J connectivity index is 1.76. The number of benzene rings is 1. The molecule has 5 rings (SSSR count). The molecular weight excluding hydrogens is 322 g/mol. The molecule has 0 saturated heterocycles. The van der Waals surface area contributed by atoms with Crippen LogP contribution >= 0.6 is 0 Å². The maximum absolute atomic E-state index is 4.27. The molecule has 26 heavy (non-hydrogen) atoms. The first-order valence-corrected chi connectivity index (χ1v) is 9.50. The number of H-pyrrole nitrogens is 1. The molecule has 0 bridgehead atoms. The quantitative estimate of drug-likeness (QED) is 0.593. The molecule has 1 atom stereocenters. The zero-order valence-electron chi connectivity index (χ0n) is 15.6. The van der Waals surface area contributed by atoms with Gasteiger partial charge in [0.25, 0.3) is 0 Å². The van der Waals surface area contributed by atoms with Crippen LogP contribution in [0.1, 0.15) is 68.0 Å². The largest absolute Gasteiger partial charge is 0.374 e. The van der Waals surface area contributed by atoms with Crippen molar-refractivity contribution >= 4 is 22.6 Å². The fourth-order valence-corrected chi connectivity index (χ4v) is 4.66. The van der Waals surface area contributed by atoms with Gasteiger partial charge in [0.05, 0.1) is 23.6 Å². The lowest BCUT2D eigenvalue weighted by Gasteiger charge is -2.36. The number of hydrazine groups is 1. The van der Waals surface area contributed by atoms with E-state index in [4.69, 9.17) is 0 Å². The Labute approximate surface area is 153 Å². The van der Waals surface area contributed by atoms with Crippen molar-refractivity contribution in [3.05, 3.63) is 51.9 Å². The van der Waals surface area contributed by atoms with Crippen molar-refractivity contribution in [1.29, 1.82) is 0 Å². The monoisotopic (exact) mass is 347 g/mol. The number of nitrogens with one attached hydrogen (secondary N) is 4. The molecule has 1 aromatic heterocycles. The normalized spacial score (nSPS) is 20.6. The molecule has 3 aliphatic rings. The lowest BCUT2D eigenvalue weighted by molar-refractivity contribution is 0.667. The third-order valence-electron chi connectivity index (χ3n) is 5.92. The summed E-state index contributed by atoms with van der Waals surface area (Å²) in [7, 11) is 0. The predicted octanol–water partition coefficient (Wildman–Crippen LogP) is 4.89. The second-order valence-electron chi connectivity index (χ2n) is 7.77. The van der Waals surface area contributed by atoms with Gasteiger partial charge in [-0.3, -0.25) is 5.10 Å². The second-order valence-corrected chi connectivity index (χ2v) is 7.77. The van der Waals surface area contributed by atoms with Crippen LogP contribution in [0.3, 0.4) is 0 Å². The van der Waals surface area contributed by atoms with Crippen LogP contribution in [-0.4, -0.2) is 10.2 Å². The SMILES string of the molecule is CC(C)=C1NNc2ccc3c(c21)C1=C(CCCC1)C(c1cn[nH]c1C)N3. The van der Waals surface area contributed by atoms with E-state index < -0.39 is 0 Å². The van der Waals surface area contributed by atoms with Crippen LogP contribution in [0.25, 0.3) is 11.3 Å². The summed E-state index contributed by atoms with van der Waals surface area (Å²) in [5, 5.41) is 11.2. The Hall–Kier alpha value is -2.69. The number of allylic oxidation sites excluding steroid dienone is 2. The summed E-state index contributed by atoms with van der Waals surface area (Å²) < 4.78 is 0. The molecule has 0 saturated carbocycles. The van der Waals surface area contributed by atoms with Crippen molar-refractivity contribution in [3.63, 3.8) is 0 Å². The number of aromatic amines is 1. The van der Waals surface area contributed by atoms with Crippen molar-refractivity contribution in [2.75, 3.05) is 10.7 Å². The van der Waals surface area contributed by atoms with Crippen LogP contribution in [0.2, 0.25) is 0 Å². The molecule has 1 aromatic carbocycles. The van der Waals surface area contributed by atoms with Gasteiger partial charge < -0.3 is 16.2 Å². The van der Waals surface area contributed by atoms with E-state index in [0.29, 0.717) is 0 Å². The van der Waals surface area contributed by atoms with E-state index in [1.54, 1.807) is 5.57 Å².